The topological polar surface area (TPSA) is 74.8 Å². The van der Waals surface area contributed by atoms with E-state index in [4.69, 9.17) is 0 Å². The van der Waals surface area contributed by atoms with Crippen molar-refractivity contribution >= 4 is 21.1 Å². The van der Waals surface area contributed by atoms with E-state index >= 15 is 0 Å². The van der Waals surface area contributed by atoms with E-state index < -0.39 is 16.1 Å². The van der Waals surface area contributed by atoms with Crippen LogP contribution in [0.4, 0.5) is 0 Å². The molecule has 1 heterocycles. The van der Waals surface area contributed by atoms with Crippen LogP contribution in [0.5, 0.6) is 0 Å². The number of hydrogen-bond donors (Lipinski definition) is 2. The third kappa shape index (κ3) is 3.07. The highest BCUT2D eigenvalue weighted by atomic mass is 32.2. The lowest BCUT2D eigenvalue weighted by molar-refractivity contribution is 0.561. The first-order chi connectivity index (χ1) is 11.3. The molecule has 3 rings (SSSR count). The van der Waals surface area contributed by atoms with E-state index in [2.05, 4.69) is 14.7 Å². The Morgan fingerprint density at radius 3 is 2.42 bits per heavy atom. The maximum atomic E-state index is 12.8. The van der Waals surface area contributed by atoms with Gasteiger partial charge in [0, 0.05) is 0 Å². The molecule has 3 aromatic rings. The van der Waals surface area contributed by atoms with E-state index in [1.54, 1.807) is 13.0 Å². The molecular weight excluding hydrogens is 322 g/mol. The quantitative estimate of drug-likeness (QED) is 0.761. The van der Waals surface area contributed by atoms with E-state index in [0.717, 1.165) is 27.7 Å². The third-order valence-electron chi connectivity index (χ3n) is 4.23. The summed E-state index contributed by atoms with van der Waals surface area (Å²) in [6.45, 7) is 7.48. The number of aromatic nitrogens is 2. The number of rotatable bonds is 4. The summed E-state index contributed by atoms with van der Waals surface area (Å²) in [7, 11) is -3.63. The summed E-state index contributed by atoms with van der Waals surface area (Å²) < 4.78 is 28.2. The lowest BCUT2D eigenvalue weighted by Crippen LogP contribution is -2.28. The minimum atomic E-state index is -3.63. The van der Waals surface area contributed by atoms with Crippen LogP contribution in [0.3, 0.4) is 0 Å². The van der Waals surface area contributed by atoms with Gasteiger partial charge in [-0.25, -0.2) is 18.1 Å². The van der Waals surface area contributed by atoms with Crippen molar-refractivity contribution in [3.63, 3.8) is 0 Å². The summed E-state index contributed by atoms with van der Waals surface area (Å²) in [4.78, 5) is 7.94. The minimum absolute atomic E-state index is 0.313. The van der Waals surface area contributed by atoms with Crippen molar-refractivity contribution in [2.24, 2.45) is 0 Å². The van der Waals surface area contributed by atoms with Gasteiger partial charge in [0.25, 0.3) is 0 Å². The Hall–Kier alpha value is -2.18. The van der Waals surface area contributed by atoms with Crippen molar-refractivity contribution in [1.29, 1.82) is 0 Å². The lowest BCUT2D eigenvalue weighted by atomic mass is 10.1. The van der Waals surface area contributed by atoms with Gasteiger partial charge >= 0.3 is 0 Å². The summed E-state index contributed by atoms with van der Waals surface area (Å²) in [6, 6.07) is 10.8. The number of para-hydroxylation sites is 2. The highest BCUT2D eigenvalue weighted by Crippen LogP contribution is 2.22. The molecule has 0 aliphatic heterocycles. The molecule has 1 atom stereocenters. The third-order valence-corrected chi connectivity index (χ3v) is 5.91. The van der Waals surface area contributed by atoms with Crippen LogP contribution in [-0.2, 0) is 10.0 Å². The number of aryl methyl sites for hydroxylation is 3. The van der Waals surface area contributed by atoms with Gasteiger partial charge in [-0.1, -0.05) is 18.2 Å². The average molecular weight is 343 g/mol. The number of nitrogens with zero attached hydrogens (tertiary/aromatic N) is 1. The van der Waals surface area contributed by atoms with Crippen molar-refractivity contribution < 1.29 is 8.42 Å². The summed E-state index contributed by atoms with van der Waals surface area (Å²) in [5.74, 6) is 0.598. The molecule has 6 heteroatoms. The molecule has 0 saturated heterocycles. The van der Waals surface area contributed by atoms with Crippen LogP contribution in [0.25, 0.3) is 11.0 Å². The summed E-state index contributed by atoms with van der Waals surface area (Å²) in [5, 5.41) is 0. The number of benzene rings is 2. The Bertz CT molecular complexity index is 973. The van der Waals surface area contributed by atoms with Gasteiger partial charge in [0.1, 0.15) is 5.82 Å². The Kier molecular flexibility index (Phi) is 4.19. The van der Waals surface area contributed by atoms with E-state index in [-0.39, 0.29) is 0 Å². The first kappa shape index (κ1) is 16.7. The molecule has 0 aliphatic carbocycles. The Balaban J connectivity index is 1.92. The molecule has 0 fully saturated rings. The Labute approximate surface area is 142 Å². The molecule has 24 heavy (non-hydrogen) atoms. The van der Waals surface area contributed by atoms with Crippen molar-refractivity contribution in [2.45, 2.75) is 38.6 Å². The number of hydrogen-bond acceptors (Lipinski definition) is 3. The van der Waals surface area contributed by atoms with Gasteiger partial charge in [0.15, 0.2) is 0 Å². The molecule has 0 aliphatic rings. The molecule has 0 saturated carbocycles. The van der Waals surface area contributed by atoms with Crippen LogP contribution in [0.15, 0.2) is 41.3 Å². The molecule has 1 aromatic heterocycles. The van der Waals surface area contributed by atoms with Gasteiger partial charge in [0.2, 0.25) is 10.0 Å². The second-order valence-corrected chi connectivity index (χ2v) is 7.87. The Morgan fingerprint density at radius 1 is 1.04 bits per heavy atom. The zero-order valence-electron chi connectivity index (χ0n) is 14.2. The predicted molar refractivity (Wildman–Crippen MR) is 95.5 cm³/mol. The van der Waals surface area contributed by atoms with Crippen molar-refractivity contribution in [3.05, 3.63) is 58.9 Å². The van der Waals surface area contributed by atoms with Gasteiger partial charge in [-0.05, 0) is 62.6 Å². The fraction of sp³-hybridized carbons (Fsp3) is 0.278. The van der Waals surface area contributed by atoms with Gasteiger partial charge in [0.05, 0.1) is 22.0 Å². The molecule has 0 amide bonds. The second kappa shape index (κ2) is 6.03. The molecule has 1 unspecified atom stereocenters. The number of nitrogens with one attached hydrogen (secondary N) is 2. The predicted octanol–water partition coefficient (Wildman–Crippen LogP) is 3.53. The zero-order chi connectivity index (χ0) is 17.5. The van der Waals surface area contributed by atoms with Crippen molar-refractivity contribution in [3.8, 4) is 0 Å². The SMILES string of the molecule is Cc1cc(C)c(S(=O)(=O)NC(C)c2nc3ccccc3[nH]2)cc1C. The van der Waals surface area contributed by atoms with Crippen molar-refractivity contribution in [2.75, 3.05) is 0 Å². The number of fused-ring (bicyclic) bond motifs is 1. The highest BCUT2D eigenvalue weighted by molar-refractivity contribution is 7.89. The maximum Gasteiger partial charge on any atom is 0.241 e. The van der Waals surface area contributed by atoms with E-state index in [1.807, 2.05) is 51.1 Å². The monoisotopic (exact) mass is 343 g/mol. The normalized spacial score (nSPS) is 13.3. The molecule has 2 N–H and O–H groups in total. The van der Waals surface area contributed by atoms with Crippen LogP contribution in [-0.4, -0.2) is 18.4 Å². The molecule has 2 aromatic carbocycles. The second-order valence-electron chi connectivity index (χ2n) is 6.18. The standard InChI is InChI=1S/C18H21N3O2S/c1-11-9-13(3)17(10-12(11)2)24(22,23)21-14(4)18-19-15-7-5-6-8-16(15)20-18/h5-10,14,21H,1-4H3,(H,19,20). The highest BCUT2D eigenvalue weighted by Gasteiger charge is 2.22. The largest absolute Gasteiger partial charge is 0.341 e. The first-order valence-corrected chi connectivity index (χ1v) is 9.31. The molecule has 0 radical (unpaired) electrons. The smallest absolute Gasteiger partial charge is 0.241 e. The minimum Gasteiger partial charge on any atom is -0.341 e. The molecule has 0 spiro atoms. The van der Waals surface area contributed by atoms with Gasteiger partial charge in [-0.2, -0.15) is 0 Å². The summed E-state index contributed by atoms with van der Waals surface area (Å²) >= 11 is 0. The summed E-state index contributed by atoms with van der Waals surface area (Å²) in [6.07, 6.45) is 0. The number of H-pyrrole nitrogens is 1. The van der Waals surface area contributed by atoms with Crippen LogP contribution in [0.2, 0.25) is 0 Å². The number of imidazole rings is 1. The fourth-order valence-electron chi connectivity index (χ4n) is 2.75. The van der Waals surface area contributed by atoms with Crippen molar-refractivity contribution in [1.82, 2.24) is 14.7 Å². The molecular formula is C18H21N3O2S. The van der Waals surface area contributed by atoms with Crippen LogP contribution >= 0.6 is 0 Å². The van der Waals surface area contributed by atoms with Gasteiger partial charge in [-0.15, -0.1) is 0 Å². The Morgan fingerprint density at radius 2 is 1.71 bits per heavy atom. The average Bonchev–Trinajstić information content (AvgIpc) is 2.94. The number of sulfonamides is 1. The summed E-state index contributed by atoms with van der Waals surface area (Å²) in [5.41, 5.74) is 4.48. The molecule has 0 bridgehead atoms. The fourth-order valence-corrected chi connectivity index (χ4v) is 4.27. The van der Waals surface area contributed by atoms with Crippen LogP contribution in [0, 0.1) is 20.8 Å². The van der Waals surface area contributed by atoms with E-state index in [9.17, 15) is 8.42 Å². The van der Waals surface area contributed by atoms with E-state index in [0.29, 0.717) is 10.7 Å². The lowest BCUT2D eigenvalue weighted by Gasteiger charge is -2.15. The van der Waals surface area contributed by atoms with Crippen LogP contribution in [0.1, 0.15) is 35.5 Å². The molecule has 5 nitrogen and oxygen atoms in total. The van der Waals surface area contributed by atoms with Crippen LogP contribution < -0.4 is 4.72 Å². The zero-order valence-corrected chi connectivity index (χ0v) is 15.0. The molecule has 126 valence electrons. The first-order valence-electron chi connectivity index (χ1n) is 7.83. The van der Waals surface area contributed by atoms with Gasteiger partial charge < -0.3 is 4.98 Å². The van der Waals surface area contributed by atoms with Gasteiger partial charge in [-0.3, -0.25) is 0 Å². The van der Waals surface area contributed by atoms with E-state index in [1.165, 1.54) is 0 Å². The maximum absolute atomic E-state index is 12.8. The number of aromatic amines is 1.